The summed E-state index contributed by atoms with van der Waals surface area (Å²) in [7, 11) is 0. The van der Waals surface area contributed by atoms with Crippen molar-refractivity contribution in [1.82, 2.24) is 4.90 Å². The van der Waals surface area contributed by atoms with E-state index in [0.29, 0.717) is 18.8 Å². The molecular formula is C12H22N2O. The zero-order valence-corrected chi connectivity index (χ0v) is 9.61. The summed E-state index contributed by atoms with van der Waals surface area (Å²) in [5.41, 5.74) is 7.10. The van der Waals surface area contributed by atoms with Gasteiger partial charge in [-0.2, -0.15) is 0 Å². The summed E-state index contributed by atoms with van der Waals surface area (Å²) >= 11 is 0. The fourth-order valence-electron chi connectivity index (χ4n) is 2.52. The lowest BCUT2D eigenvalue weighted by atomic mass is 10.1. The molecule has 0 aromatic rings. The van der Waals surface area contributed by atoms with Gasteiger partial charge in [0.2, 0.25) is 0 Å². The van der Waals surface area contributed by atoms with Crippen molar-refractivity contribution >= 4 is 0 Å². The van der Waals surface area contributed by atoms with Crippen molar-refractivity contribution in [3.8, 4) is 0 Å². The van der Waals surface area contributed by atoms with Crippen molar-refractivity contribution in [3.05, 3.63) is 11.6 Å². The van der Waals surface area contributed by atoms with Crippen molar-refractivity contribution in [2.24, 2.45) is 5.73 Å². The predicted octanol–water partition coefficient (Wildman–Crippen LogP) is 1.14. The second kappa shape index (κ2) is 5.10. The fraction of sp³-hybridized carbons (Fsp3) is 0.833. The van der Waals surface area contributed by atoms with E-state index in [4.69, 9.17) is 10.5 Å². The van der Waals surface area contributed by atoms with Crippen molar-refractivity contribution in [2.45, 2.75) is 38.4 Å². The molecule has 0 aromatic carbocycles. The van der Waals surface area contributed by atoms with Crippen LogP contribution in [0.2, 0.25) is 0 Å². The monoisotopic (exact) mass is 210 g/mol. The van der Waals surface area contributed by atoms with Crippen LogP contribution >= 0.6 is 0 Å². The predicted molar refractivity (Wildman–Crippen MR) is 61.8 cm³/mol. The van der Waals surface area contributed by atoms with Crippen molar-refractivity contribution in [2.75, 3.05) is 26.2 Å². The summed E-state index contributed by atoms with van der Waals surface area (Å²) in [4.78, 5) is 2.50. The van der Waals surface area contributed by atoms with Crippen molar-refractivity contribution in [1.29, 1.82) is 0 Å². The Balaban J connectivity index is 1.76. The van der Waals surface area contributed by atoms with E-state index in [2.05, 4.69) is 17.9 Å². The maximum Gasteiger partial charge on any atom is 0.0707 e. The molecule has 0 bridgehead atoms. The average molecular weight is 210 g/mol. The Labute approximate surface area is 92.3 Å². The molecule has 3 nitrogen and oxygen atoms in total. The highest BCUT2D eigenvalue weighted by atomic mass is 16.5. The summed E-state index contributed by atoms with van der Waals surface area (Å²) in [5, 5.41) is 0. The van der Waals surface area contributed by atoms with Gasteiger partial charge in [-0.1, -0.05) is 11.6 Å². The van der Waals surface area contributed by atoms with E-state index < -0.39 is 0 Å². The second-order valence-corrected chi connectivity index (χ2v) is 4.77. The standard InChI is InChI=1S/C12H22N2O/c1-10-3-2-6-14(8-10)9-12-5-4-11(7-13)15-12/h3,11-12H,2,4-9,13H2,1H3. The number of ether oxygens (including phenoxy) is 1. The Hall–Kier alpha value is -0.380. The fourth-order valence-corrected chi connectivity index (χ4v) is 2.52. The Morgan fingerprint density at radius 1 is 1.47 bits per heavy atom. The Morgan fingerprint density at radius 3 is 2.93 bits per heavy atom. The van der Waals surface area contributed by atoms with Crippen LogP contribution in [0, 0.1) is 0 Å². The lowest BCUT2D eigenvalue weighted by molar-refractivity contribution is 0.0283. The first-order valence-electron chi connectivity index (χ1n) is 6.01. The van der Waals surface area contributed by atoms with Crippen LogP contribution in [0.1, 0.15) is 26.2 Å². The number of hydrogen-bond acceptors (Lipinski definition) is 3. The highest BCUT2D eigenvalue weighted by Crippen LogP contribution is 2.21. The number of nitrogens with zero attached hydrogens (tertiary/aromatic N) is 1. The summed E-state index contributed by atoms with van der Waals surface area (Å²) < 4.78 is 5.86. The first-order chi connectivity index (χ1) is 7.28. The van der Waals surface area contributed by atoms with Crippen LogP contribution in [0.3, 0.4) is 0 Å². The summed E-state index contributed by atoms with van der Waals surface area (Å²) in [5.74, 6) is 0. The average Bonchev–Trinajstić information content (AvgIpc) is 2.65. The Bertz CT molecular complexity index is 240. The third kappa shape index (κ3) is 3.03. The molecule has 2 aliphatic heterocycles. The van der Waals surface area contributed by atoms with Gasteiger partial charge in [0.05, 0.1) is 12.2 Å². The maximum atomic E-state index is 5.86. The minimum absolute atomic E-state index is 0.316. The van der Waals surface area contributed by atoms with E-state index in [0.717, 1.165) is 19.5 Å². The molecule has 0 aromatic heterocycles. The third-order valence-corrected chi connectivity index (χ3v) is 3.33. The van der Waals surface area contributed by atoms with Crippen molar-refractivity contribution < 1.29 is 4.74 Å². The number of nitrogens with two attached hydrogens (primary N) is 1. The molecule has 0 aliphatic carbocycles. The van der Waals surface area contributed by atoms with Gasteiger partial charge in [-0.25, -0.2) is 0 Å². The van der Waals surface area contributed by atoms with E-state index in [1.54, 1.807) is 0 Å². The maximum absolute atomic E-state index is 5.86. The molecule has 86 valence electrons. The van der Waals surface area contributed by atoms with Gasteiger partial charge in [0, 0.05) is 26.2 Å². The molecule has 0 spiro atoms. The molecular weight excluding hydrogens is 188 g/mol. The van der Waals surface area contributed by atoms with E-state index in [1.807, 2.05) is 0 Å². The molecule has 3 heteroatoms. The Morgan fingerprint density at radius 2 is 2.27 bits per heavy atom. The van der Waals surface area contributed by atoms with Crippen LogP contribution in [-0.2, 0) is 4.74 Å². The normalized spacial score (nSPS) is 33.1. The minimum atomic E-state index is 0.316. The van der Waals surface area contributed by atoms with E-state index in [9.17, 15) is 0 Å². The first-order valence-corrected chi connectivity index (χ1v) is 6.01. The van der Waals surface area contributed by atoms with Gasteiger partial charge in [0.1, 0.15) is 0 Å². The molecule has 2 rings (SSSR count). The van der Waals surface area contributed by atoms with Gasteiger partial charge >= 0.3 is 0 Å². The molecule has 2 atom stereocenters. The van der Waals surface area contributed by atoms with Gasteiger partial charge in [-0.3, -0.25) is 4.90 Å². The van der Waals surface area contributed by atoms with Crippen LogP contribution in [0.15, 0.2) is 11.6 Å². The minimum Gasteiger partial charge on any atom is -0.372 e. The van der Waals surface area contributed by atoms with Crippen molar-refractivity contribution in [3.63, 3.8) is 0 Å². The highest BCUT2D eigenvalue weighted by Gasteiger charge is 2.26. The van der Waals surface area contributed by atoms with Crippen LogP contribution in [-0.4, -0.2) is 43.3 Å². The second-order valence-electron chi connectivity index (χ2n) is 4.77. The number of rotatable bonds is 3. The van der Waals surface area contributed by atoms with E-state index in [-0.39, 0.29) is 0 Å². The molecule has 1 fully saturated rings. The lowest BCUT2D eigenvalue weighted by Crippen LogP contribution is -2.36. The van der Waals surface area contributed by atoms with Gasteiger partial charge in [0.25, 0.3) is 0 Å². The highest BCUT2D eigenvalue weighted by molar-refractivity contribution is 5.04. The summed E-state index contributed by atoms with van der Waals surface area (Å²) in [6.45, 7) is 6.28. The first kappa shape index (κ1) is 11.1. The molecule has 2 aliphatic rings. The molecule has 0 radical (unpaired) electrons. The van der Waals surface area contributed by atoms with Gasteiger partial charge < -0.3 is 10.5 Å². The third-order valence-electron chi connectivity index (χ3n) is 3.33. The Kier molecular flexibility index (Phi) is 3.78. The summed E-state index contributed by atoms with van der Waals surface area (Å²) in [6, 6.07) is 0. The zero-order chi connectivity index (χ0) is 10.7. The SMILES string of the molecule is CC1=CCCN(CC2CCC(CN)O2)C1. The van der Waals surface area contributed by atoms with Crippen LogP contribution in [0.5, 0.6) is 0 Å². The van der Waals surface area contributed by atoms with Crippen LogP contribution in [0.25, 0.3) is 0 Å². The molecule has 2 N–H and O–H groups in total. The zero-order valence-electron chi connectivity index (χ0n) is 9.61. The van der Waals surface area contributed by atoms with E-state index >= 15 is 0 Å². The summed E-state index contributed by atoms with van der Waals surface area (Å²) in [6.07, 6.45) is 6.60. The molecule has 1 saturated heterocycles. The smallest absolute Gasteiger partial charge is 0.0707 e. The number of hydrogen-bond donors (Lipinski definition) is 1. The lowest BCUT2D eigenvalue weighted by Gasteiger charge is -2.28. The molecule has 15 heavy (non-hydrogen) atoms. The van der Waals surface area contributed by atoms with Crippen LogP contribution in [0.4, 0.5) is 0 Å². The van der Waals surface area contributed by atoms with Gasteiger partial charge in [-0.15, -0.1) is 0 Å². The topological polar surface area (TPSA) is 38.5 Å². The van der Waals surface area contributed by atoms with Gasteiger partial charge in [0.15, 0.2) is 0 Å². The molecule has 0 saturated carbocycles. The molecule has 2 unspecified atom stereocenters. The largest absolute Gasteiger partial charge is 0.372 e. The molecule has 2 heterocycles. The van der Waals surface area contributed by atoms with E-state index in [1.165, 1.54) is 25.0 Å². The molecule has 0 amide bonds. The quantitative estimate of drug-likeness (QED) is 0.710. The van der Waals surface area contributed by atoms with Gasteiger partial charge in [-0.05, 0) is 26.2 Å². The van der Waals surface area contributed by atoms with Crippen LogP contribution < -0.4 is 5.73 Å².